The molecule has 0 atom stereocenters. The Bertz CT molecular complexity index is 433. The Hall–Kier alpha value is -1.16. The van der Waals surface area contributed by atoms with Crippen LogP contribution < -0.4 is 5.73 Å². The zero-order chi connectivity index (χ0) is 9.42. The minimum atomic E-state index is 0.526. The lowest BCUT2D eigenvalue weighted by Gasteiger charge is -1.95. The van der Waals surface area contributed by atoms with Crippen LogP contribution >= 0.6 is 11.3 Å². The molecule has 0 bridgehead atoms. The highest BCUT2D eigenvalue weighted by Crippen LogP contribution is 2.30. The number of hydrogen-bond donors (Lipinski definition) is 1. The van der Waals surface area contributed by atoms with Crippen molar-refractivity contribution in [3.63, 3.8) is 0 Å². The van der Waals surface area contributed by atoms with Gasteiger partial charge in [0.1, 0.15) is 17.0 Å². The predicted molar refractivity (Wildman–Crippen MR) is 55.9 cm³/mol. The largest absolute Gasteiger partial charge is 0.383 e. The fraction of sp³-hybridized carbons (Fsp3) is 0.333. The molecule has 0 aliphatic carbocycles. The molecule has 0 fully saturated rings. The number of hydrogen-bond acceptors (Lipinski definition) is 4. The number of aromatic nitrogens is 2. The number of anilines is 1. The summed E-state index contributed by atoms with van der Waals surface area (Å²) in [7, 11) is 0. The van der Waals surface area contributed by atoms with E-state index in [-0.39, 0.29) is 0 Å². The quantitative estimate of drug-likeness (QED) is 0.756. The van der Waals surface area contributed by atoms with Gasteiger partial charge in [0, 0.05) is 4.88 Å². The van der Waals surface area contributed by atoms with Crippen molar-refractivity contribution in [2.24, 2.45) is 0 Å². The SMILES string of the molecule is CC(C)c1cc2c(N)ncnc2s1. The highest BCUT2D eigenvalue weighted by Gasteiger charge is 2.08. The second-order valence-corrected chi connectivity index (χ2v) is 4.34. The number of nitrogen functional groups attached to an aromatic ring is 1. The highest BCUT2D eigenvalue weighted by atomic mass is 32.1. The molecule has 0 aliphatic heterocycles. The number of thiophene rings is 1. The maximum absolute atomic E-state index is 5.73. The summed E-state index contributed by atoms with van der Waals surface area (Å²) in [6, 6.07) is 2.08. The molecule has 2 aromatic heterocycles. The van der Waals surface area contributed by atoms with Crippen molar-refractivity contribution in [2.45, 2.75) is 19.8 Å². The molecule has 4 heteroatoms. The van der Waals surface area contributed by atoms with Gasteiger partial charge in [-0.25, -0.2) is 9.97 Å². The number of rotatable bonds is 1. The predicted octanol–water partition coefficient (Wildman–Crippen LogP) is 2.40. The Morgan fingerprint density at radius 2 is 2.15 bits per heavy atom. The van der Waals surface area contributed by atoms with Crippen molar-refractivity contribution in [3.05, 3.63) is 17.3 Å². The zero-order valence-electron chi connectivity index (χ0n) is 7.61. The smallest absolute Gasteiger partial charge is 0.135 e. The average Bonchev–Trinajstić information content (AvgIpc) is 2.49. The van der Waals surface area contributed by atoms with Crippen LogP contribution in [0.25, 0.3) is 10.2 Å². The van der Waals surface area contributed by atoms with E-state index in [2.05, 4.69) is 29.9 Å². The van der Waals surface area contributed by atoms with Gasteiger partial charge in [0.25, 0.3) is 0 Å². The Morgan fingerprint density at radius 1 is 1.38 bits per heavy atom. The Kier molecular flexibility index (Phi) is 1.92. The topological polar surface area (TPSA) is 51.8 Å². The molecule has 2 heterocycles. The average molecular weight is 193 g/mol. The fourth-order valence-electron chi connectivity index (χ4n) is 1.18. The first-order chi connectivity index (χ1) is 6.18. The van der Waals surface area contributed by atoms with Crippen molar-refractivity contribution in [3.8, 4) is 0 Å². The summed E-state index contributed by atoms with van der Waals surface area (Å²) in [6.07, 6.45) is 1.51. The third-order valence-electron chi connectivity index (χ3n) is 1.95. The molecule has 2 N–H and O–H groups in total. The van der Waals surface area contributed by atoms with E-state index in [1.54, 1.807) is 11.3 Å². The van der Waals surface area contributed by atoms with Gasteiger partial charge in [0.2, 0.25) is 0 Å². The van der Waals surface area contributed by atoms with E-state index >= 15 is 0 Å². The van der Waals surface area contributed by atoms with E-state index < -0.39 is 0 Å². The first-order valence-corrected chi connectivity index (χ1v) is 5.00. The standard InChI is InChI=1S/C9H11N3S/c1-5(2)7-3-6-8(10)11-4-12-9(6)13-7/h3-5H,1-2H3,(H2,10,11,12). The number of nitrogens with zero attached hydrogens (tertiary/aromatic N) is 2. The Balaban J connectivity index is 2.68. The summed E-state index contributed by atoms with van der Waals surface area (Å²) < 4.78 is 0. The zero-order valence-corrected chi connectivity index (χ0v) is 8.43. The van der Waals surface area contributed by atoms with E-state index in [9.17, 15) is 0 Å². The molecule has 0 saturated carbocycles. The van der Waals surface area contributed by atoms with Crippen molar-refractivity contribution in [1.29, 1.82) is 0 Å². The van der Waals surface area contributed by atoms with Gasteiger partial charge >= 0.3 is 0 Å². The van der Waals surface area contributed by atoms with Crippen molar-refractivity contribution in [2.75, 3.05) is 5.73 Å². The lowest BCUT2D eigenvalue weighted by atomic mass is 10.2. The van der Waals surface area contributed by atoms with Gasteiger partial charge in [-0.2, -0.15) is 0 Å². The van der Waals surface area contributed by atoms with E-state index in [0.717, 1.165) is 10.2 Å². The van der Waals surface area contributed by atoms with Crippen LogP contribution in [0.5, 0.6) is 0 Å². The lowest BCUT2D eigenvalue weighted by molar-refractivity contribution is 0.890. The first-order valence-electron chi connectivity index (χ1n) is 4.18. The molecular formula is C9H11N3S. The first kappa shape index (κ1) is 8.44. The maximum atomic E-state index is 5.73. The third kappa shape index (κ3) is 1.37. The maximum Gasteiger partial charge on any atom is 0.135 e. The van der Waals surface area contributed by atoms with Crippen LogP contribution in [0.1, 0.15) is 24.6 Å². The van der Waals surface area contributed by atoms with Crippen molar-refractivity contribution < 1.29 is 0 Å². The Labute approximate surface area is 80.6 Å². The molecule has 0 aromatic carbocycles. The van der Waals surface area contributed by atoms with Crippen LogP contribution in [0.3, 0.4) is 0 Å². The van der Waals surface area contributed by atoms with Crippen LogP contribution in [0.2, 0.25) is 0 Å². The second kappa shape index (κ2) is 2.96. The second-order valence-electron chi connectivity index (χ2n) is 3.28. The molecule has 2 aromatic rings. The van der Waals surface area contributed by atoms with Gasteiger partial charge in [-0.3, -0.25) is 0 Å². The monoisotopic (exact) mass is 193 g/mol. The summed E-state index contributed by atoms with van der Waals surface area (Å²) in [5.41, 5.74) is 5.73. The molecule has 68 valence electrons. The summed E-state index contributed by atoms with van der Waals surface area (Å²) >= 11 is 1.69. The molecule has 0 amide bonds. The summed E-state index contributed by atoms with van der Waals surface area (Å²) in [5, 5.41) is 0.983. The molecular weight excluding hydrogens is 182 g/mol. The van der Waals surface area contributed by atoms with Crippen LogP contribution in [-0.4, -0.2) is 9.97 Å². The number of fused-ring (bicyclic) bond motifs is 1. The molecule has 13 heavy (non-hydrogen) atoms. The third-order valence-corrected chi connectivity index (χ3v) is 3.29. The van der Waals surface area contributed by atoms with Gasteiger partial charge in [0.15, 0.2) is 0 Å². The molecule has 0 radical (unpaired) electrons. The van der Waals surface area contributed by atoms with Gasteiger partial charge in [-0.1, -0.05) is 13.8 Å². The van der Waals surface area contributed by atoms with Crippen LogP contribution in [0.15, 0.2) is 12.4 Å². The van der Waals surface area contributed by atoms with E-state index in [0.29, 0.717) is 11.7 Å². The Morgan fingerprint density at radius 3 is 2.77 bits per heavy atom. The molecule has 0 unspecified atom stereocenters. The normalized spacial score (nSPS) is 11.3. The molecule has 3 nitrogen and oxygen atoms in total. The summed E-state index contributed by atoms with van der Waals surface area (Å²) in [5.74, 6) is 1.10. The van der Waals surface area contributed by atoms with Crippen molar-refractivity contribution in [1.82, 2.24) is 9.97 Å². The molecule has 0 saturated heterocycles. The van der Waals surface area contributed by atoms with Crippen LogP contribution in [-0.2, 0) is 0 Å². The van der Waals surface area contributed by atoms with E-state index in [4.69, 9.17) is 5.73 Å². The van der Waals surface area contributed by atoms with Gasteiger partial charge in [-0.05, 0) is 12.0 Å². The lowest BCUT2D eigenvalue weighted by Crippen LogP contribution is -1.89. The minimum Gasteiger partial charge on any atom is -0.383 e. The van der Waals surface area contributed by atoms with Crippen LogP contribution in [0.4, 0.5) is 5.82 Å². The minimum absolute atomic E-state index is 0.526. The number of nitrogens with two attached hydrogens (primary N) is 1. The van der Waals surface area contributed by atoms with Crippen molar-refractivity contribution >= 4 is 27.4 Å². The summed E-state index contributed by atoms with van der Waals surface area (Å²) in [6.45, 7) is 4.32. The molecule has 2 rings (SSSR count). The van der Waals surface area contributed by atoms with Crippen LogP contribution in [0, 0.1) is 0 Å². The van der Waals surface area contributed by atoms with Gasteiger partial charge in [0.05, 0.1) is 5.39 Å². The van der Waals surface area contributed by atoms with Gasteiger partial charge < -0.3 is 5.73 Å². The molecule has 0 aliphatic rings. The fourth-order valence-corrected chi connectivity index (χ4v) is 2.19. The highest BCUT2D eigenvalue weighted by molar-refractivity contribution is 7.18. The van der Waals surface area contributed by atoms with Gasteiger partial charge in [-0.15, -0.1) is 11.3 Å². The molecule has 0 spiro atoms. The van der Waals surface area contributed by atoms with E-state index in [1.807, 2.05) is 0 Å². The summed E-state index contributed by atoms with van der Waals surface area (Å²) in [4.78, 5) is 10.4. The van der Waals surface area contributed by atoms with E-state index in [1.165, 1.54) is 11.2 Å².